The van der Waals surface area contributed by atoms with Crippen molar-refractivity contribution in [1.29, 1.82) is 0 Å². The van der Waals surface area contributed by atoms with Crippen LogP contribution < -0.4 is 0 Å². The molecule has 0 aromatic rings. The van der Waals surface area contributed by atoms with E-state index in [9.17, 15) is 4.79 Å². The summed E-state index contributed by atoms with van der Waals surface area (Å²) in [5, 5.41) is 0. The Hall–Kier alpha value is -1.17. The van der Waals surface area contributed by atoms with Crippen LogP contribution in [-0.2, 0) is 52.2 Å². The van der Waals surface area contributed by atoms with Gasteiger partial charge in [-0.3, -0.25) is 4.79 Å². The summed E-state index contributed by atoms with van der Waals surface area (Å²) >= 11 is 0. The van der Waals surface area contributed by atoms with Crippen LogP contribution in [0.2, 0.25) is 0 Å². The molecule has 0 aliphatic carbocycles. The highest BCUT2D eigenvalue weighted by atomic mass is 16.6. The zero-order valence-corrected chi connectivity index (χ0v) is 24.0. The molecule has 0 atom stereocenters. The van der Waals surface area contributed by atoms with Crippen molar-refractivity contribution in [2.24, 2.45) is 0 Å². The van der Waals surface area contributed by atoms with E-state index in [-0.39, 0.29) is 5.78 Å². The highest BCUT2D eigenvalue weighted by molar-refractivity contribution is 5.78. The van der Waals surface area contributed by atoms with Gasteiger partial charge in [0.15, 0.2) is 0 Å². The molecular weight excluding hydrogens is 512 g/mol. The van der Waals surface area contributed by atoms with Crippen LogP contribution in [0.1, 0.15) is 32.6 Å². The Kier molecular flexibility index (Phi) is 33.8. The molecule has 0 spiro atoms. The van der Waals surface area contributed by atoms with Gasteiger partial charge in [-0.1, -0.05) is 12.8 Å². The lowest BCUT2D eigenvalue weighted by molar-refractivity contribution is -0.120. The molecular formula is C28H52O11. The van der Waals surface area contributed by atoms with Crippen LogP contribution in [-0.4, -0.2) is 138 Å². The van der Waals surface area contributed by atoms with Gasteiger partial charge in [0.2, 0.25) is 0 Å². The molecule has 11 nitrogen and oxygen atoms in total. The standard InChI is InChI=1S/C28H52O11/c1-3-8-30-12-16-34-20-24-38-26-22-36-18-14-32-10-5-6-28(29)7-11-33-15-19-37-23-27-39-25-21-35-17-13-31-9-4-2/h2H,3,5-27H2,1H3. The Balaban J connectivity index is 3.14. The smallest absolute Gasteiger partial charge is 0.135 e. The van der Waals surface area contributed by atoms with Gasteiger partial charge in [-0.2, -0.15) is 0 Å². The van der Waals surface area contributed by atoms with Crippen molar-refractivity contribution in [3.8, 4) is 12.3 Å². The third-order valence-corrected chi connectivity index (χ3v) is 4.78. The first kappa shape index (κ1) is 37.8. The average Bonchev–Trinajstić information content (AvgIpc) is 2.94. The highest BCUT2D eigenvalue weighted by Gasteiger charge is 2.02. The lowest BCUT2D eigenvalue weighted by atomic mass is 10.2. The first-order valence-corrected chi connectivity index (χ1v) is 14.0. The Bertz CT molecular complexity index is 528. The lowest BCUT2D eigenvalue weighted by Crippen LogP contribution is -2.14. The molecule has 0 heterocycles. The molecule has 0 radical (unpaired) electrons. The molecule has 0 unspecified atom stereocenters. The van der Waals surface area contributed by atoms with E-state index in [1.54, 1.807) is 0 Å². The van der Waals surface area contributed by atoms with Gasteiger partial charge in [0, 0.05) is 26.1 Å². The number of Topliss-reactive ketones (excluding diaryl/α,β-unsaturated/α-hetero) is 1. The summed E-state index contributed by atoms with van der Waals surface area (Å²) < 4.78 is 53.7. The van der Waals surface area contributed by atoms with Crippen LogP contribution in [0.25, 0.3) is 0 Å². The van der Waals surface area contributed by atoms with Gasteiger partial charge in [0.05, 0.1) is 112 Å². The Morgan fingerprint density at radius 2 is 0.795 bits per heavy atom. The number of carbonyl (C=O) groups is 1. The van der Waals surface area contributed by atoms with Crippen LogP contribution in [0.4, 0.5) is 0 Å². The highest BCUT2D eigenvalue weighted by Crippen LogP contribution is 1.97. The van der Waals surface area contributed by atoms with Gasteiger partial charge in [0.25, 0.3) is 0 Å². The number of ether oxygens (including phenoxy) is 10. The maximum absolute atomic E-state index is 11.9. The zero-order valence-electron chi connectivity index (χ0n) is 24.0. The predicted molar refractivity (Wildman–Crippen MR) is 146 cm³/mol. The largest absolute Gasteiger partial charge is 0.379 e. The molecule has 230 valence electrons. The summed E-state index contributed by atoms with van der Waals surface area (Å²) in [6.45, 7) is 12.3. The van der Waals surface area contributed by atoms with Gasteiger partial charge < -0.3 is 47.4 Å². The van der Waals surface area contributed by atoms with Crippen molar-refractivity contribution in [3.63, 3.8) is 0 Å². The van der Waals surface area contributed by atoms with E-state index in [0.29, 0.717) is 145 Å². The van der Waals surface area contributed by atoms with Gasteiger partial charge in [0.1, 0.15) is 12.4 Å². The minimum atomic E-state index is 0.170. The summed E-state index contributed by atoms with van der Waals surface area (Å²) in [5.41, 5.74) is 0. The minimum Gasteiger partial charge on any atom is -0.379 e. The minimum absolute atomic E-state index is 0.170. The second-order valence-electron chi connectivity index (χ2n) is 8.16. The summed E-state index contributed by atoms with van der Waals surface area (Å²) in [4.78, 5) is 11.9. The van der Waals surface area contributed by atoms with Crippen LogP contribution in [0.15, 0.2) is 0 Å². The van der Waals surface area contributed by atoms with Gasteiger partial charge >= 0.3 is 0 Å². The number of hydrogen-bond acceptors (Lipinski definition) is 11. The number of terminal acetylenes is 1. The van der Waals surface area contributed by atoms with Gasteiger partial charge in [-0.05, 0) is 12.8 Å². The number of carbonyl (C=O) groups excluding carboxylic acids is 1. The third-order valence-electron chi connectivity index (χ3n) is 4.78. The first-order valence-electron chi connectivity index (χ1n) is 14.0. The van der Waals surface area contributed by atoms with Crippen LogP contribution in [0.3, 0.4) is 0 Å². The summed E-state index contributed by atoms with van der Waals surface area (Å²) in [5.74, 6) is 2.56. The monoisotopic (exact) mass is 564 g/mol. The van der Waals surface area contributed by atoms with Gasteiger partial charge in [-0.25, -0.2) is 0 Å². The van der Waals surface area contributed by atoms with Crippen molar-refractivity contribution in [2.45, 2.75) is 32.6 Å². The van der Waals surface area contributed by atoms with E-state index in [1.165, 1.54) is 0 Å². The molecule has 0 fully saturated rings. The van der Waals surface area contributed by atoms with E-state index >= 15 is 0 Å². The second kappa shape index (κ2) is 34.9. The van der Waals surface area contributed by atoms with E-state index in [4.69, 9.17) is 53.8 Å². The fraction of sp³-hybridized carbons (Fsp3) is 0.893. The fourth-order valence-corrected chi connectivity index (χ4v) is 2.82. The molecule has 0 aliphatic rings. The van der Waals surface area contributed by atoms with Crippen LogP contribution >= 0.6 is 0 Å². The van der Waals surface area contributed by atoms with Crippen molar-refractivity contribution < 1.29 is 52.2 Å². The summed E-state index contributed by atoms with van der Waals surface area (Å²) in [6.07, 6.45) is 7.67. The molecule has 0 saturated carbocycles. The maximum Gasteiger partial charge on any atom is 0.135 e. The predicted octanol–water partition coefficient (Wildman–Crippen LogP) is 1.94. The molecule has 11 heteroatoms. The molecule has 0 aromatic carbocycles. The van der Waals surface area contributed by atoms with Crippen molar-refractivity contribution in [2.75, 3.05) is 132 Å². The molecule has 0 rings (SSSR count). The fourth-order valence-electron chi connectivity index (χ4n) is 2.82. The maximum atomic E-state index is 11.9. The van der Waals surface area contributed by atoms with Crippen molar-refractivity contribution >= 4 is 5.78 Å². The second-order valence-corrected chi connectivity index (χ2v) is 8.16. The number of ketones is 1. The van der Waals surface area contributed by atoms with E-state index in [0.717, 1.165) is 13.0 Å². The molecule has 0 aromatic heterocycles. The third kappa shape index (κ3) is 34.8. The molecule has 0 aliphatic heterocycles. The molecule has 0 N–H and O–H groups in total. The van der Waals surface area contributed by atoms with Crippen molar-refractivity contribution in [1.82, 2.24) is 0 Å². The average molecular weight is 565 g/mol. The van der Waals surface area contributed by atoms with Crippen LogP contribution in [0.5, 0.6) is 0 Å². The zero-order chi connectivity index (χ0) is 28.3. The summed E-state index contributed by atoms with van der Waals surface area (Å²) in [6, 6.07) is 0. The topological polar surface area (TPSA) is 109 Å². The van der Waals surface area contributed by atoms with E-state index in [2.05, 4.69) is 12.8 Å². The lowest BCUT2D eigenvalue weighted by Gasteiger charge is -2.08. The first-order chi connectivity index (χ1) is 19.3. The quantitative estimate of drug-likeness (QED) is 0.0845. The number of rotatable bonds is 34. The number of hydrogen-bond donors (Lipinski definition) is 0. The van der Waals surface area contributed by atoms with Gasteiger partial charge in [-0.15, -0.1) is 6.42 Å². The van der Waals surface area contributed by atoms with Crippen molar-refractivity contribution in [3.05, 3.63) is 0 Å². The van der Waals surface area contributed by atoms with E-state index < -0.39 is 0 Å². The molecule has 0 saturated heterocycles. The molecule has 0 bridgehead atoms. The molecule has 0 amide bonds. The van der Waals surface area contributed by atoms with Crippen LogP contribution in [0, 0.1) is 12.3 Å². The Morgan fingerprint density at radius 3 is 1.18 bits per heavy atom. The Morgan fingerprint density at radius 1 is 0.462 bits per heavy atom. The van der Waals surface area contributed by atoms with E-state index in [1.807, 2.05) is 0 Å². The SMILES string of the molecule is C#CCOCCOCCOCCOCCOCCC(=O)CCCOCCOCCOCCOCCOCCC. The Labute approximate surface area is 235 Å². The molecule has 39 heavy (non-hydrogen) atoms. The normalized spacial score (nSPS) is 11.2. The summed E-state index contributed by atoms with van der Waals surface area (Å²) in [7, 11) is 0.